The molecule has 0 unspecified atom stereocenters. The van der Waals surface area contributed by atoms with Gasteiger partial charge in [-0.25, -0.2) is 9.18 Å². The summed E-state index contributed by atoms with van der Waals surface area (Å²) in [5.41, 5.74) is 0.492. The average molecular weight is 361 g/mol. The van der Waals surface area contributed by atoms with Crippen molar-refractivity contribution in [2.24, 2.45) is 0 Å². The summed E-state index contributed by atoms with van der Waals surface area (Å²) in [5.74, 6) is -0.183. The van der Waals surface area contributed by atoms with E-state index in [1.165, 1.54) is 31.2 Å². The maximum atomic E-state index is 12.8. The van der Waals surface area contributed by atoms with Crippen LogP contribution >= 0.6 is 0 Å². The fraction of sp³-hybridized carbons (Fsp3) is 0.222. The molecule has 0 aromatic heterocycles. The van der Waals surface area contributed by atoms with Gasteiger partial charge in [0.1, 0.15) is 11.6 Å². The van der Waals surface area contributed by atoms with Gasteiger partial charge in [-0.1, -0.05) is 0 Å². The maximum Gasteiger partial charge on any atom is 0.347 e. The summed E-state index contributed by atoms with van der Waals surface area (Å²) in [7, 11) is 0. The summed E-state index contributed by atoms with van der Waals surface area (Å²) < 4.78 is 33.5. The second-order valence-corrected chi connectivity index (χ2v) is 5.44. The Labute approximate surface area is 148 Å². The van der Waals surface area contributed by atoms with Crippen LogP contribution in [0.5, 0.6) is 17.2 Å². The Morgan fingerprint density at radius 1 is 1.15 bits per heavy atom. The number of anilines is 1. The van der Waals surface area contributed by atoms with Crippen molar-refractivity contribution >= 4 is 17.6 Å². The van der Waals surface area contributed by atoms with Crippen LogP contribution in [-0.4, -0.2) is 31.4 Å². The highest BCUT2D eigenvalue weighted by atomic mass is 19.1. The zero-order chi connectivity index (χ0) is 18.5. The van der Waals surface area contributed by atoms with Crippen molar-refractivity contribution in [3.8, 4) is 17.2 Å². The number of carbonyl (C=O) groups excluding carboxylic acids is 2. The molecule has 26 heavy (non-hydrogen) atoms. The lowest BCUT2D eigenvalue weighted by atomic mass is 10.3. The maximum absolute atomic E-state index is 12.8. The van der Waals surface area contributed by atoms with Gasteiger partial charge in [0, 0.05) is 11.8 Å². The number of ether oxygens (including phenoxy) is 4. The van der Waals surface area contributed by atoms with Gasteiger partial charge in [-0.05, 0) is 43.3 Å². The Morgan fingerprint density at radius 2 is 1.88 bits per heavy atom. The monoisotopic (exact) mass is 361 g/mol. The van der Waals surface area contributed by atoms with Gasteiger partial charge in [-0.2, -0.15) is 0 Å². The highest BCUT2D eigenvalue weighted by Gasteiger charge is 2.19. The van der Waals surface area contributed by atoms with Crippen molar-refractivity contribution in [3.05, 3.63) is 48.3 Å². The molecule has 0 spiro atoms. The van der Waals surface area contributed by atoms with Gasteiger partial charge in [0.15, 0.2) is 24.2 Å². The van der Waals surface area contributed by atoms with E-state index in [1.54, 1.807) is 18.2 Å². The molecule has 1 heterocycles. The molecule has 1 N–H and O–H groups in total. The Kier molecular flexibility index (Phi) is 5.21. The number of nitrogens with one attached hydrogen (secondary N) is 1. The third-order valence-electron chi connectivity index (χ3n) is 3.46. The van der Waals surface area contributed by atoms with E-state index in [1.807, 2.05) is 0 Å². The molecule has 1 atom stereocenters. The lowest BCUT2D eigenvalue weighted by molar-refractivity contribution is -0.153. The molecule has 1 aliphatic heterocycles. The normalized spacial score (nSPS) is 13.0. The van der Waals surface area contributed by atoms with E-state index in [9.17, 15) is 14.0 Å². The third-order valence-corrected chi connectivity index (χ3v) is 3.46. The molecule has 0 saturated heterocycles. The summed E-state index contributed by atoms with van der Waals surface area (Å²) in [6.07, 6.45) is -0.946. The number of hydrogen-bond acceptors (Lipinski definition) is 6. The molecule has 0 radical (unpaired) electrons. The molecule has 3 rings (SSSR count). The first kappa shape index (κ1) is 17.5. The summed E-state index contributed by atoms with van der Waals surface area (Å²) in [6, 6.07) is 10.1. The fourth-order valence-corrected chi connectivity index (χ4v) is 2.19. The molecule has 0 bridgehead atoms. The summed E-state index contributed by atoms with van der Waals surface area (Å²) in [6.45, 7) is 1.14. The van der Waals surface area contributed by atoms with Gasteiger partial charge in [-0.15, -0.1) is 0 Å². The molecule has 1 aliphatic rings. The number of carbonyl (C=O) groups is 2. The van der Waals surface area contributed by atoms with E-state index in [0.717, 1.165) is 0 Å². The lowest BCUT2D eigenvalue weighted by Gasteiger charge is -2.14. The number of rotatable bonds is 6. The van der Waals surface area contributed by atoms with Gasteiger partial charge < -0.3 is 24.3 Å². The van der Waals surface area contributed by atoms with Gasteiger partial charge in [-0.3, -0.25) is 4.79 Å². The zero-order valence-electron chi connectivity index (χ0n) is 13.9. The Bertz CT molecular complexity index is 808. The van der Waals surface area contributed by atoms with E-state index in [0.29, 0.717) is 22.9 Å². The Hall–Kier alpha value is -3.29. The minimum atomic E-state index is -0.946. The van der Waals surface area contributed by atoms with E-state index >= 15 is 0 Å². The minimum absolute atomic E-state index is 0.135. The van der Waals surface area contributed by atoms with Crippen LogP contribution in [0.2, 0.25) is 0 Å². The first-order chi connectivity index (χ1) is 12.5. The number of fused-ring (bicyclic) bond motifs is 1. The van der Waals surface area contributed by atoms with E-state index in [-0.39, 0.29) is 6.79 Å². The van der Waals surface area contributed by atoms with E-state index in [2.05, 4.69) is 5.32 Å². The zero-order valence-corrected chi connectivity index (χ0v) is 13.9. The van der Waals surface area contributed by atoms with E-state index in [4.69, 9.17) is 18.9 Å². The molecule has 0 aliphatic carbocycles. The second kappa shape index (κ2) is 7.73. The minimum Gasteiger partial charge on any atom is -0.479 e. The quantitative estimate of drug-likeness (QED) is 0.796. The average Bonchev–Trinajstić information content (AvgIpc) is 3.09. The van der Waals surface area contributed by atoms with Crippen molar-refractivity contribution < 1.29 is 32.9 Å². The number of esters is 1. The SMILES string of the molecule is C[C@@H](Oc1ccc(F)cc1)C(=O)OCC(=O)Nc1ccc2c(c1)OCO2. The van der Waals surface area contributed by atoms with Gasteiger partial charge in [0.05, 0.1) is 0 Å². The predicted octanol–water partition coefficient (Wildman–Crippen LogP) is 2.50. The van der Waals surface area contributed by atoms with Crippen LogP contribution in [0.25, 0.3) is 0 Å². The molecule has 1 amide bonds. The summed E-state index contributed by atoms with van der Waals surface area (Å²) in [4.78, 5) is 23.8. The van der Waals surface area contributed by atoms with Crippen molar-refractivity contribution in [2.45, 2.75) is 13.0 Å². The van der Waals surface area contributed by atoms with Crippen LogP contribution in [-0.2, 0) is 14.3 Å². The number of hydrogen-bond donors (Lipinski definition) is 1. The second-order valence-electron chi connectivity index (χ2n) is 5.44. The summed E-state index contributed by atoms with van der Waals surface area (Å²) >= 11 is 0. The van der Waals surface area contributed by atoms with Crippen LogP contribution in [0.4, 0.5) is 10.1 Å². The molecule has 0 fully saturated rings. The van der Waals surface area contributed by atoms with Crippen LogP contribution in [0, 0.1) is 5.82 Å². The van der Waals surface area contributed by atoms with Gasteiger partial charge in [0.25, 0.3) is 5.91 Å². The number of halogens is 1. The molecule has 2 aromatic carbocycles. The Balaban J connectivity index is 1.46. The van der Waals surface area contributed by atoms with Gasteiger partial charge >= 0.3 is 5.97 Å². The van der Waals surface area contributed by atoms with Crippen LogP contribution in [0.15, 0.2) is 42.5 Å². The van der Waals surface area contributed by atoms with Crippen LogP contribution in [0.1, 0.15) is 6.92 Å². The molecule has 7 nitrogen and oxygen atoms in total. The largest absolute Gasteiger partial charge is 0.479 e. The highest BCUT2D eigenvalue weighted by Crippen LogP contribution is 2.34. The Morgan fingerprint density at radius 3 is 2.65 bits per heavy atom. The van der Waals surface area contributed by atoms with Crippen molar-refractivity contribution in [1.82, 2.24) is 0 Å². The number of benzene rings is 2. The van der Waals surface area contributed by atoms with E-state index < -0.39 is 30.4 Å². The van der Waals surface area contributed by atoms with Crippen molar-refractivity contribution in [2.75, 3.05) is 18.7 Å². The number of amides is 1. The molecule has 0 saturated carbocycles. The summed E-state index contributed by atoms with van der Waals surface area (Å²) in [5, 5.41) is 2.59. The first-order valence-corrected chi connectivity index (χ1v) is 7.79. The molecule has 2 aromatic rings. The van der Waals surface area contributed by atoms with Crippen molar-refractivity contribution in [3.63, 3.8) is 0 Å². The topological polar surface area (TPSA) is 83.1 Å². The fourth-order valence-electron chi connectivity index (χ4n) is 2.19. The lowest BCUT2D eigenvalue weighted by Crippen LogP contribution is -2.29. The van der Waals surface area contributed by atoms with Crippen LogP contribution in [0.3, 0.4) is 0 Å². The smallest absolute Gasteiger partial charge is 0.347 e. The molecular weight excluding hydrogens is 345 g/mol. The predicted molar refractivity (Wildman–Crippen MR) is 88.6 cm³/mol. The third kappa shape index (κ3) is 4.41. The molecular formula is C18H16FNO6. The standard InChI is InChI=1S/C18H16FNO6/c1-11(26-14-5-2-12(19)3-6-14)18(22)23-9-17(21)20-13-4-7-15-16(8-13)25-10-24-15/h2-8,11H,9-10H2,1H3,(H,20,21)/t11-/m1/s1. The first-order valence-electron chi connectivity index (χ1n) is 7.79. The van der Waals surface area contributed by atoms with Gasteiger partial charge in [0.2, 0.25) is 6.79 Å². The van der Waals surface area contributed by atoms with Crippen molar-refractivity contribution in [1.29, 1.82) is 0 Å². The molecule has 136 valence electrons. The highest BCUT2D eigenvalue weighted by molar-refractivity contribution is 5.93. The van der Waals surface area contributed by atoms with Crippen LogP contribution < -0.4 is 19.5 Å². The molecule has 8 heteroatoms.